The van der Waals surface area contributed by atoms with E-state index >= 15 is 0 Å². The number of furan rings is 2. The lowest BCUT2D eigenvalue weighted by molar-refractivity contribution is 0.669. The predicted octanol–water partition coefficient (Wildman–Crippen LogP) is 8.90. The van der Waals surface area contributed by atoms with Crippen LogP contribution < -0.4 is 5.32 Å². The summed E-state index contributed by atoms with van der Waals surface area (Å²) in [7, 11) is 0. The fourth-order valence-electron chi connectivity index (χ4n) is 4.71. The molecule has 7 aromatic rings. The molecule has 0 aliphatic rings. The van der Waals surface area contributed by atoms with E-state index in [0.717, 1.165) is 66.4 Å². The first-order valence-electron chi connectivity index (χ1n) is 11.0. The van der Waals surface area contributed by atoms with E-state index in [1.807, 2.05) is 36.4 Å². The first-order chi connectivity index (χ1) is 16.3. The molecule has 0 saturated heterocycles. The third kappa shape index (κ3) is 2.90. The van der Waals surface area contributed by atoms with Gasteiger partial charge in [-0.15, -0.1) is 0 Å². The van der Waals surface area contributed by atoms with Crippen molar-refractivity contribution in [3.63, 3.8) is 0 Å². The number of hydrogen-bond acceptors (Lipinski definition) is 3. The third-order valence-electron chi connectivity index (χ3n) is 6.24. The minimum Gasteiger partial charge on any atom is -0.456 e. The van der Waals surface area contributed by atoms with Gasteiger partial charge < -0.3 is 14.2 Å². The summed E-state index contributed by atoms with van der Waals surface area (Å²) in [6, 6.07) is 37.3. The number of fused-ring (bicyclic) bond motifs is 6. The highest BCUT2D eigenvalue weighted by atomic mass is 16.3. The second kappa shape index (κ2) is 7.01. The molecule has 0 bridgehead atoms. The Morgan fingerprint density at radius 3 is 2.00 bits per heavy atom. The largest absolute Gasteiger partial charge is 0.456 e. The van der Waals surface area contributed by atoms with Crippen molar-refractivity contribution in [2.45, 2.75) is 0 Å². The van der Waals surface area contributed by atoms with Crippen LogP contribution in [-0.4, -0.2) is 0 Å². The molecule has 0 radical (unpaired) electrons. The van der Waals surface area contributed by atoms with Crippen molar-refractivity contribution in [3.8, 4) is 11.1 Å². The average Bonchev–Trinajstić information content (AvgIpc) is 3.42. The van der Waals surface area contributed by atoms with Gasteiger partial charge in [-0.1, -0.05) is 66.7 Å². The molecule has 7 rings (SSSR count). The normalized spacial score (nSPS) is 11.6. The van der Waals surface area contributed by atoms with Crippen molar-refractivity contribution in [1.82, 2.24) is 0 Å². The predicted molar refractivity (Wildman–Crippen MR) is 136 cm³/mol. The second-order valence-electron chi connectivity index (χ2n) is 8.30. The van der Waals surface area contributed by atoms with E-state index in [4.69, 9.17) is 8.83 Å². The molecule has 0 amide bonds. The lowest BCUT2D eigenvalue weighted by atomic mass is 10.0. The summed E-state index contributed by atoms with van der Waals surface area (Å²) >= 11 is 0. The molecule has 0 fully saturated rings. The van der Waals surface area contributed by atoms with Gasteiger partial charge in [0, 0.05) is 38.5 Å². The maximum absolute atomic E-state index is 6.25. The molecule has 1 N–H and O–H groups in total. The van der Waals surface area contributed by atoms with Crippen molar-refractivity contribution in [3.05, 3.63) is 109 Å². The number of benzene rings is 5. The molecule has 156 valence electrons. The van der Waals surface area contributed by atoms with E-state index in [0.29, 0.717) is 0 Å². The average molecular weight is 425 g/mol. The van der Waals surface area contributed by atoms with E-state index < -0.39 is 0 Å². The Labute approximate surface area is 189 Å². The zero-order valence-corrected chi connectivity index (χ0v) is 17.7. The van der Waals surface area contributed by atoms with Crippen molar-refractivity contribution in [1.29, 1.82) is 0 Å². The van der Waals surface area contributed by atoms with E-state index in [1.165, 1.54) is 0 Å². The molecule has 0 spiro atoms. The Hall–Kier alpha value is -4.50. The Kier molecular flexibility index (Phi) is 3.84. The van der Waals surface area contributed by atoms with Crippen LogP contribution in [-0.2, 0) is 0 Å². The summed E-state index contributed by atoms with van der Waals surface area (Å²) in [4.78, 5) is 0. The molecule has 33 heavy (non-hydrogen) atoms. The molecule has 5 aromatic carbocycles. The van der Waals surface area contributed by atoms with Crippen LogP contribution in [0.1, 0.15) is 0 Å². The lowest BCUT2D eigenvalue weighted by Gasteiger charge is -2.09. The fraction of sp³-hybridized carbons (Fsp3) is 0. The van der Waals surface area contributed by atoms with E-state index in [2.05, 4.69) is 78.1 Å². The number of para-hydroxylation sites is 3. The highest BCUT2D eigenvalue weighted by Gasteiger charge is 2.12. The van der Waals surface area contributed by atoms with Crippen molar-refractivity contribution in [2.24, 2.45) is 0 Å². The molecular formula is C30H19NO2. The van der Waals surface area contributed by atoms with Gasteiger partial charge in [0.1, 0.15) is 22.3 Å². The molecule has 3 heteroatoms. The van der Waals surface area contributed by atoms with E-state index in [9.17, 15) is 0 Å². The van der Waals surface area contributed by atoms with Gasteiger partial charge in [0.2, 0.25) is 0 Å². The molecule has 0 aliphatic heterocycles. The van der Waals surface area contributed by atoms with Gasteiger partial charge in [-0.25, -0.2) is 0 Å². The summed E-state index contributed by atoms with van der Waals surface area (Å²) in [6.07, 6.45) is 0. The molecule has 0 atom stereocenters. The first-order valence-corrected chi connectivity index (χ1v) is 11.0. The molecule has 3 nitrogen and oxygen atoms in total. The summed E-state index contributed by atoms with van der Waals surface area (Å²) < 4.78 is 12.2. The summed E-state index contributed by atoms with van der Waals surface area (Å²) in [5.41, 5.74) is 7.87. The van der Waals surface area contributed by atoms with Gasteiger partial charge in [0.05, 0.1) is 0 Å². The Balaban J connectivity index is 1.30. The van der Waals surface area contributed by atoms with Crippen molar-refractivity contribution < 1.29 is 8.83 Å². The molecule has 0 saturated carbocycles. The first kappa shape index (κ1) is 18.1. The van der Waals surface area contributed by atoms with Crippen LogP contribution in [0.2, 0.25) is 0 Å². The number of anilines is 2. The second-order valence-corrected chi connectivity index (χ2v) is 8.30. The van der Waals surface area contributed by atoms with Gasteiger partial charge in [-0.3, -0.25) is 0 Å². The minimum atomic E-state index is 0.895. The maximum Gasteiger partial charge on any atom is 0.143 e. The van der Waals surface area contributed by atoms with Gasteiger partial charge in [-0.05, 0) is 48.0 Å². The van der Waals surface area contributed by atoms with Gasteiger partial charge in [-0.2, -0.15) is 0 Å². The zero-order valence-electron chi connectivity index (χ0n) is 17.7. The van der Waals surface area contributed by atoms with E-state index in [1.54, 1.807) is 0 Å². The highest BCUT2D eigenvalue weighted by Crippen LogP contribution is 2.37. The fourth-order valence-corrected chi connectivity index (χ4v) is 4.71. The Bertz CT molecular complexity index is 1810. The number of hydrogen-bond donors (Lipinski definition) is 1. The van der Waals surface area contributed by atoms with Crippen molar-refractivity contribution in [2.75, 3.05) is 5.32 Å². The SMILES string of the molecule is c1cc(Nc2ccc3oc4ccccc4c3c2)cc(-c2cccc3c2oc2ccccc23)c1. The van der Waals surface area contributed by atoms with Gasteiger partial charge in [0.15, 0.2) is 0 Å². The Morgan fingerprint density at radius 1 is 0.455 bits per heavy atom. The maximum atomic E-state index is 6.25. The quantitative estimate of drug-likeness (QED) is 0.307. The smallest absolute Gasteiger partial charge is 0.143 e. The summed E-state index contributed by atoms with van der Waals surface area (Å²) in [5.74, 6) is 0. The van der Waals surface area contributed by atoms with Crippen LogP contribution in [0.25, 0.3) is 55.0 Å². The molecule has 2 aromatic heterocycles. The van der Waals surface area contributed by atoms with Crippen LogP contribution in [0.15, 0.2) is 118 Å². The standard InChI is InChI=1S/C30H19NO2/c1-4-14-28-23(9-1)25-12-6-11-22(30(25)33-28)19-7-5-8-20(17-19)31-21-15-16-29-26(18-21)24-10-2-3-13-27(24)32-29/h1-18,31H. The van der Waals surface area contributed by atoms with Gasteiger partial charge in [0.25, 0.3) is 0 Å². The zero-order chi connectivity index (χ0) is 21.8. The summed E-state index contributed by atoms with van der Waals surface area (Å²) in [6.45, 7) is 0. The molecule has 0 aliphatic carbocycles. The minimum absolute atomic E-state index is 0.895. The summed E-state index contributed by atoms with van der Waals surface area (Å²) in [5, 5.41) is 8.08. The lowest BCUT2D eigenvalue weighted by Crippen LogP contribution is -1.90. The number of rotatable bonds is 3. The highest BCUT2D eigenvalue weighted by molar-refractivity contribution is 6.09. The Morgan fingerprint density at radius 2 is 1.12 bits per heavy atom. The topological polar surface area (TPSA) is 38.3 Å². The van der Waals surface area contributed by atoms with Crippen LogP contribution in [0, 0.1) is 0 Å². The molecular weight excluding hydrogens is 406 g/mol. The molecule has 0 unspecified atom stereocenters. The van der Waals surface area contributed by atoms with Gasteiger partial charge >= 0.3 is 0 Å². The number of nitrogens with one attached hydrogen (secondary N) is 1. The van der Waals surface area contributed by atoms with E-state index in [-0.39, 0.29) is 0 Å². The van der Waals surface area contributed by atoms with Crippen LogP contribution in [0.4, 0.5) is 11.4 Å². The third-order valence-corrected chi connectivity index (χ3v) is 6.24. The van der Waals surface area contributed by atoms with Crippen LogP contribution >= 0.6 is 0 Å². The van der Waals surface area contributed by atoms with Crippen LogP contribution in [0.5, 0.6) is 0 Å². The van der Waals surface area contributed by atoms with Crippen LogP contribution in [0.3, 0.4) is 0 Å². The molecule has 2 heterocycles. The van der Waals surface area contributed by atoms with Crippen molar-refractivity contribution >= 4 is 55.3 Å². The monoisotopic (exact) mass is 425 g/mol.